The zero-order chi connectivity index (χ0) is 28.7. The topological polar surface area (TPSA) is 63.8 Å². The van der Waals surface area contributed by atoms with E-state index in [0.717, 1.165) is 0 Å². The summed E-state index contributed by atoms with van der Waals surface area (Å²) in [5, 5.41) is 18.9. The van der Waals surface area contributed by atoms with Crippen LogP contribution in [0.1, 0.15) is 69.6 Å². The van der Waals surface area contributed by atoms with Crippen molar-refractivity contribution in [2.45, 2.75) is 57.8 Å². The van der Waals surface area contributed by atoms with E-state index in [9.17, 15) is 5.26 Å². The summed E-state index contributed by atoms with van der Waals surface area (Å²) in [5.41, 5.74) is -4.47. The van der Waals surface area contributed by atoms with Gasteiger partial charge in [0, 0.05) is 34.2 Å². The molecule has 2 aromatic carbocycles. The van der Waals surface area contributed by atoms with E-state index in [1.807, 2.05) is 27.7 Å². The number of hydrogen-bond acceptors (Lipinski definition) is 3. The lowest BCUT2D eigenvalue weighted by atomic mass is 9.64. The van der Waals surface area contributed by atoms with E-state index in [1.54, 1.807) is 18.2 Å². The van der Waals surface area contributed by atoms with Gasteiger partial charge in [-0.2, -0.15) is 15.5 Å². The highest BCUT2D eigenvalue weighted by Crippen LogP contribution is 2.45. The molecular formula is C29H24F4N6. The molecule has 0 radical (unpaired) electrons. The van der Waals surface area contributed by atoms with Crippen molar-refractivity contribution >= 4 is 5.69 Å². The molecule has 1 aliphatic heterocycles. The number of halogens is 4. The molecule has 6 nitrogen and oxygen atoms in total. The Balaban J connectivity index is 1.98. The largest absolute Gasteiger partial charge is 0.259 e. The summed E-state index contributed by atoms with van der Waals surface area (Å²) in [6.45, 7) is 18.1. The summed E-state index contributed by atoms with van der Waals surface area (Å²) in [6, 6.07) is 7.33. The van der Waals surface area contributed by atoms with Crippen molar-refractivity contribution in [2.75, 3.05) is 0 Å². The number of rotatable bonds is 0. The highest BCUT2D eigenvalue weighted by molar-refractivity contribution is 5.62. The first-order valence-corrected chi connectivity index (χ1v) is 12.1. The van der Waals surface area contributed by atoms with Gasteiger partial charge in [-0.05, 0) is 29.8 Å². The van der Waals surface area contributed by atoms with Gasteiger partial charge >= 0.3 is 0 Å². The molecular weight excluding hydrogens is 508 g/mol. The van der Waals surface area contributed by atoms with E-state index >= 15 is 17.6 Å². The first-order valence-electron chi connectivity index (χ1n) is 12.1. The van der Waals surface area contributed by atoms with Crippen molar-refractivity contribution in [3.8, 4) is 17.4 Å². The Morgan fingerprint density at radius 3 is 1.69 bits per heavy atom. The first-order chi connectivity index (χ1) is 18.2. The van der Waals surface area contributed by atoms with Crippen LogP contribution in [0, 0.1) is 41.2 Å². The van der Waals surface area contributed by atoms with Crippen molar-refractivity contribution < 1.29 is 17.6 Å². The fourth-order valence-electron chi connectivity index (χ4n) is 5.04. The number of fused-ring (bicyclic) bond motifs is 10. The molecule has 39 heavy (non-hydrogen) atoms. The van der Waals surface area contributed by atoms with E-state index < -0.39 is 50.8 Å². The van der Waals surface area contributed by atoms with Gasteiger partial charge < -0.3 is 0 Å². The van der Waals surface area contributed by atoms with Crippen LogP contribution in [-0.2, 0) is 16.2 Å². The molecule has 2 aromatic heterocycles. The van der Waals surface area contributed by atoms with Crippen molar-refractivity contribution in [1.29, 1.82) is 5.26 Å². The van der Waals surface area contributed by atoms with Gasteiger partial charge in [-0.3, -0.25) is 0 Å². The molecule has 8 bridgehead atoms. The van der Waals surface area contributed by atoms with Crippen molar-refractivity contribution in [1.82, 2.24) is 19.6 Å². The maximum atomic E-state index is 15.7. The Bertz CT molecular complexity index is 1630. The van der Waals surface area contributed by atoms with Gasteiger partial charge in [0.05, 0.1) is 23.6 Å². The van der Waals surface area contributed by atoms with Crippen molar-refractivity contribution in [3.63, 3.8) is 0 Å². The highest BCUT2D eigenvalue weighted by atomic mass is 19.1. The van der Waals surface area contributed by atoms with Crippen LogP contribution in [0.15, 0.2) is 36.7 Å². The molecule has 198 valence electrons. The molecule has 1 aliphatic rings. The fourth-order valence-corrected chi connectivity index (χ4v) is 5.04. The lowest BCUT2D eigenvalue weighted by Gasteiger charge is -2.39. The van der Waals surface area contributed by atoms with Gasteiger partial charge in [0.2, 0.25) is 0 Å². The van der Waals surface area contributed by atoms with E-state index in [-0.39, 0.29) is 22.5 Å². The predicted octanol–water partition coefficient (Wildman–Crippen LogP) is 6.93. The summed E-state index contributed by atoms with van der Waals surface area (Å²) < 4.78 is 64.9. The number of benzene rings is 2. The van der Waals surface area contributed by atoms with Crippen molar-refractivity contribution in [3.05, 3.63) is 99.4 Å². The summed E-state index contributed by atoms with van der Waals surface area (Å²) in [4.78, 5) is 3.08. The van der Waals surface area contributed by atoms with Crippen LogP contribution in [0.2, 0.25) is 0 Å². The van der Waals surface area contributed by atoms with Gasteiger partial charge in [0.25, 0.3) is 5.69 Å². The standard InChI is InChI=1S/C29H24F4N6/c1-27(2)16-12-18(23(31)15(14-34)22(16)30)38-10-8-20(36-38)28(3,4)29(5,6)21-9-11-39(37-21)19-13-17(27)24(32)26(35-7)25(19)33/h8-13H,1-6H3. The van der Waals surface area contributed by atoms with E-state index in [4.69, 9.17) is 6.57 Å². The van der Waals surface area contributed by atoms with Crippen molar-refractivity contribution in [2.24, 2.45) is 0 Å². The molecule has 0 unspecified atom stereocenters. The average Bonchev–Trinajstić information content (AvgIpc) is 3.55. The summed E-state index contributed by atoms with van der Waals surface area (Å²) in [5.74, 6) is -4.60. The number of nitrogens with zero attached hydrogens (tertiary/aromatic N) is 6. The summed E-state index contributed by atoms with van der Waals surface area (Å²) in [6.07, 6.45) is 3.03. The monoisotopic (exact) mass is 532 g/mol. The molecule has 0 N–H and O–H groups in total. The van der Waals surface area contributed by atoms with Crippen LogP contribution in [-0.4, -0.2) is 19.6 Å². The molecule has 0 spiro atoms. The average molecular weight is 533 g/mol. The zero-order valence-electron chi connectivity index (χ0n) is 22.2. The van der Waals surface area contributed by atoms with Gasteiger partial charge in [-0.15, -0.1) is 0 Å². The van der Waals surface area contributed by atoms with E-state index in [1.165, 1.54) is 47.7 Å². The van der Waals surface area contributed by atoms with Crippen LogP contribution in [0.4, 0.5) is 23.2 Å². The van der Waals surface area contributed by atoms with Crippen LogP contribution in [0.3, 0.4) is 0 Å². The molecule has 4 aromatic rings. The Kier molecular flexibility index (Phi) is 5.56. The molecule has 0 atom stereocenters. The number of hydrogen-bond donors (Lipinski definition) is 0. The fraction of sp³-hybridized carbons (Fsp3) is 0.310. The second-order valence-corrected chi connectivity index (χ2v) is 11.3. The van der Waals surface area contributed by atoms with Gasteiger partial charge in [0.1, 0.15) is 29.0 Å². The lowest BCUT2D eigenvalue weighted by molar-refractivity contribution is 0.286. The normalized spacial score (nSPS) is 16.5. The second-order valence-electron chi connectivity index (χ2n) is 11.3. The quantitative estimate of drug-likeness (QED) is 0.182. The van der Waals surface area contributed by atoms with E-state index in [2.05, 4.69) is 15.0 Å². The minimum absolute atomic E-state index is 0.203. The van der Waals surface area contributed by atoms with Gasteiger partial charge in [-0.1, -0.05) is 41.5 Å². The molecule has 0 aliphatic carbocycles. The third-order valence-corrected chi connectivity index (χ3v) is 8.42. The highest BCUT2D eigenvalue weighted by Gasteiger charge is 2.44. The summed E-state index contributed by atoms with van der Waals surface area (Å²) >= 11 is 0. The number of nitriles is 1. The Hall–Kier alpha value is -4.44. The third-order valence-electron chi connectivity index (χ3n) is 8.42. The molecule has 0 saturated carbocycles. The van der Waals surface area contributed by atoms with Gasteiger partial charge in [-0.25, -0.2) is 31.8 Å². The smallest absolute Gasteiger partial charge is 0.239 e. The Morgan fingerprint density at radius 2 is 1.23 bits per heavy atom. The van der Waals surface area contributed by atoms with Crippen LogP contribution in [0.25, 0.3) is 16.2 Å². The third kappa shape index (κ3) is 3.44. The minimum atomic E-state index is -1.59. The Morgan fingerprint density at radius 1 is 0.769 bits per heavy atom. The van der Waals surface area contributed by atoms with Crippen LogP contribution < -0.4 is 0 Å². The van der Waals surface area contributed by atoms with Gasteiger partial charge in [0.15, 0.2) is 11.6 Å². The molecule has 0 amide bonds. The maximum absolute atomic E-state index is 15.7. The SMILES string of the molecule is [C-]#[N+]c1c(F)c2cc(c1F)C(C)(C)c1cc(c(F)c(C#N)c1F)-n1ccc(n1)C(C)(C)C(C)(C)c1ccn-2n1. The maximum Gasteiger partial charge on any atom is 0.259 e. The first kappa shape index (κ1) is 26.2. The molecule has 10 heteroatoms. The van der Waals surface area contributed by atoms with Crippen LogP contribution >= 0.6 is 0 Å². The second kappa shape index (κ2) is 8.28. The lowest BCUT2D eigenvalue weighted by Crippen LogP contribution is -2.41. The molecule has 0 saturated heterocycles. The molecule has 3 heterocycles. The predicted molar refractivity (Wildman–Crippen MR) is 136 cm³/mol. The summed E-state index contributed by atoms with van der Waals surface area (Å²) in [7, 11) is 0. The zero-order valence-corrected chi connectivity index (χ0v) is 22.2. The molecule has 0 fully saturated rings. The van der Waals surface area contributed by atoms with Crippen LogP contribution in [0.5, 0.6) is 0 Å². The van der Waals surface area contributed by atoms with E-state index in [0.29, 0.717) is 11.4 Å². The minimum Gasteiger partial charge on any atom is -0.239 e. The molecule has 5 rings (SSSR count). The number of aromatic nitrogens is 4. The Labute approximate surface area is 222 Å².